The predicted molar refractivity (Wildman–Crippen MR) is 250 cm³/mol. The number of aromatic nitrogens is 6. The second kappa shape index (κ2) is 15.6. The van der Waals surface area contributed by atoms with Crippen LogP contribution in [0.4, 0.5) is 0 Å². The second-order valence-corrected chi connectivity index (χ2v) is 15.7. The van der Waals surface area contributed by atoms with Crippen molar-refractivity contribution in [2.45, 2.75) is 0 Å². The molecule has 0 unspecified atom stereocenters. The molecule has 0 N–H and O–H groups in total. The van der Waals surface area contributed by atoms with Crippen LogP contribution in [0.15, 0.2) is 206 Å². The van der Waals surface area contributed by atoms with Crippen molar-refractivity contribution in [2.75, 3.05) is 0 Å². The summed E-state index contributed by atoms with van der Waals surface area (Å²) in [5.74, 6) is 3.46. The van der Waals surface area contributed by atoms with Gasteiger partial charge in [0, 0.05) is 59.1 Å². The lowest BCUT2D eigenvalue weighted by Gasteiger charge is -2.16. The Labute approximate surface area is 356 Å². The molecule has 3 aromatic heterocycles. The summed E-state index contributed by atoms with van der Waals surface area (Å²) in [6.45, 7) is 0. The maximum Gasteiger partial charge on any atom is 0.164 e. The molecule has 0 bridgehead atoms. The van der Waals surface area contributed by atoms with E-state index in [0.29, 0.717) is 34.9 Å². The van der Waals surface area contributed by atoms with E-state index in [4.69, 9.17) is 29.9 Å². The second-order valence-electron chi connectivity index (χ2n) is 14.7. The third-order valence-electron chi connectivity index (χ3n) is 10.8. The Bertz CT molecular complexity index is 3220. The lowest BCUT2D eigenvalue weighted by molar-refractivity contribution is 1.07. The first-order valence-corrected chi connectivity index (χ1v) is 20.9. The molecule has 0 aliphatic carbocycles. The van der Waals surface area contributed by atoms with E-state index in [-0.39, 0.29) is 0 Å². The van der Waals surface area contributed by atoms with Crippen LogP contribution in [0.25, 0.3) is 111 Å². The van der Waals surface area contributed by atoms with E-state index in [0.717, 1.165) is 44.5 Å². The zero-order valence-electron chi connectivity index (χ0n) is 32.7. The Balaban J connectivity index is 1.20. The molecule has 0 saturated heterocycles. The van der Waals surface area contributed by atoms with E-state index in [2.05, 4.69) is 84.9 Å². The zero-order valence-corrected chi connectivity index (χ0v) is 33.5. The minimum Gasteiger partial charge on any atom is -0.208 e. The van der Waals surface area contributed by atoms with Gasteiger partial charge in [0.15, 0.2) is 34.9 Å². The highest BCUT2D eigenvalue weighted by atomic mass is 32.1. The van der Waals surface area contributed by atoms with Crippen LogP contribution in [0.5, 0.6) is 0 Å². The number of hydrogen-bond donors (Lipinski definition) is 0. The maximum absolute atomic E-state index is 5.27. The van der Waals surface area contributed by atoms with Gasteiger partial charge in [-0.25, -0.2) is 29.9 Å². The number of rotatable bonds is 8. The SMILES string of the molecule is c1ccc(-c2nc(-c3ccccc3)nc(-c3ccc(-c4ccc(-c5ccccc5)c5c4sc4ccccc45)c(-c4nc(-c5ccccc5)nc(-c5ccccc5)n4)c3)n2)cc1. The Morgan fingerprint density at radius 2 is 0.639 bits per heavy atom. The summed E-state index contributed by atoms with van der Waals surface area (Å²) >= 11 is 1.81. The molecule has 0 aliphatic heterocycles. The number of nitrogens with zero attached hydrogens (tertiary/aromatic N) is 6. The van der Waals surface area contributed by atoms with Gasteiger partial charge in [-0.3, -0.25) is 0 Å². The van der Waals surface area contributed by atoms with Crippen LogP contribution in [0.3, 0.4) is 0 Å². The minimum atomic E-state index is 0.548. The number of benzene rings is 8. The maximum atomic E-state index is 5.27. The van der Waals surface area contributed by atoms with Crippen LogP contribution in [-0.2, 0) is 0 Å². The number of fused-ring (bicyclic) bond motifs is 3. The largest absolute Gasteiger partial charge is 0.208 e. The first-order chi connectivity index (χ1) is 30.2. The van der Waals surface area contributed by atoms with Crippen LogP contribution in [-0.4, -0.2) is 29.9 Å². The summed E-state index contributed by atoms with van der Waals surface area (Å²) < 4.78 is 2.42. The molecule has 0 saturated carbocycles. The fraction of sp³-hybridized carbons (Fsp3) is 0. The summed E-state index contributed by atoms with van der Waals surface area (Å²) in [6.07, 6.45) is 0. The first kappa shape index (κ1) is 36.1. The van der Waals surface area contributed by atoms with Gasteiger partial charge < -0.3 is 0 Å². The molecule has 0 amide bonds. The summed E-state index contributed by atoms with van der Waals surface area (Å²) in [7, 11) is 0. The smallest absolute Gasteiger partial charge is 0.164 e. The van der Waals surface area contributed by atoms with E-state index in [9.17, 15) is 0 Å². The van der Waals surface area contributed by atoms with Gasteiger partial charge in [-0.1, -0.05) is 194 Å². The van der Waals surface area contributed by atoms with Crippen molar-refractivity contribution in [3.63, 3.8) is 0 Å². The predicted octanol–water partition coefficient (Wildman–Crippen LogP) is 13.8. The number of thiophene rings is 1. The van der Waals surface area contributed by atoms with Crippen molar-refractivity contribution in [1.29, 1.82) is 0 Å². The van der Waals surface area contributed by atoms with Gasteiger partial charge in [0.2, 0.25) is 0 Å². The molecule has 0 spiro atoms. The lowest BCUT2D eigenvalue weighted by Crippen LogP contribution is -2.03. The molecule has 11 aromatic rings. The fourth-order valence-electron chi connectivity index (χ4n) is 7.87. The van der Waals surface area contributed by atoms with E-state index in [1.807, 2.05) is 133 Å². The van der Waals surface area contributed by atoms with Crippen LogP contribution >= 0.6 is 11.3 Å². The third-order valence-corrected chi connectivity index (χ3v) is 12.0. The molecule has 0 fully saturated rings. The molecule has 11 rings (SSSR count). The van der Waals surface area contributed by atoms with Gasteiger partial charge in [0.25, 0.3) is 0 Å². The quantitative estimate of drug-likeness (QED) is 0.152. The average molecular weight is 799 g/mol. The van der Waals surface area contributed by atoms with E-state index in [1.165, 1.54) is 31.3 Å². The van der Waals surface area contributed by atoms with Gasteiger partial charge in [0.1, 0.15) is 0 Å². The molecule has 7 heteroatoms. The molecule has 3 heterocycles. The monoisotopic (exact) mass is 798 g/mol. The van der Waals surface area contributed by atoms with Crippen molar-refractivity contribution in [1.82, 2.24) is 29.9 Å². The first-order valence-electron chi connectivity index (χ1n) is 20.1. The van der Waals surface area contributed by atoms with Gasteiger partial charge in [0.05, 0.1) is 0 Å². The minimum absolute atomic E-state index is 0.548. The molecule has 6 nitrogen and oxygen atoms in total. The van der Waals surface area contributed by atoms with Gasteiger partial charge in [-0.2, -0.15) is 0 Å². The van der Waals surface area contributed by atoms with Crippen molar-refractivity contribution >= 4 is 31.5 Å². The van der Waals surface area contributed by atoms with Crippen molar-refractivity contribution in [2.24, 2.45) is 0 Å². The van der Waals surface area contributed by atoms with Crippen molar-refractivity contribution < 1.29 is 0 Å². The molecule has 0 atom stereocenters. The highest BCUT2D eigenvalue weighted by molar-refractivity contribution is 7.26. The fourth-order valence-corrected chi connectivity index (χ4v) is 9.13. The topological polar surface area (TPSA) is 77.3 Å². The summed E-state index contributed by atoms with van der Waals surface area (Å²) in [5, 5.41) is 2.45. The summed E-state index contributed by atoms with van der Waals surface area (Å²) in [5.41, 5.74) is 9.71. The zero-order chi connectivity index (χ0) is 40.5. The Hall–Kier alpha value is -8.00. The van der Waals surface area contributed by atoms with Gasteiger partial charge >= 0.3 is 0 Å². The summed E-state index contributed by atoms with van der Waals surface area (Å²) in [6, 6.07) is 70.5. The normalized spacial score (nSPS) is 11.3. The van der Waals surface area contributed by atoms with E-state index < -0.39 is 0 Å². The van der Waals surface area contributed by atoms with Crippen LogP contribution in [0.2, 0.25) is 0 Å². The van der Waals surface area contributed by atoms with Crippen LogP contribution < -0.4 is 0 Å². The molecule has 8 aromatic carbocycles. The van der Waals surface area contributed by atoms with Gasteiger partial charge in [-0.05, 0) is 28.8 Å². The molecular weight excluding hydrogens is 765 g/mol. The molecular formula is C54H34N6S. The van der Waals surface area contributed by atoms with Gasteiger partial charge in [-0.15, -0.1) is 11.3 Å². The summed E-state index contributed by atoms with van der Waals surface area (Å²) in [4.78, 5) is 30.8. The lowest BCUT2D eigenvalue weighted by atomic mass is 9.92. The molecule has 0 radical (unpaired) electrons. The highest BCUT2D eigenvalue weighted by Crippen LogP contribution is 2.47. The Morgan fingerprint density at radius 1 is 0.262 bits per heavy atom. The van der Waals surface area contributed by atoms with E-state index >= 15 is 0 Å². The van der Waals surface area contributed by atoms with E-state index in [1.54, 1.807) is 0 Å². The van der Waals surface area contributed by atoms with Crippen molar-refractivity contribution in [3.05, 3.63) is 206 Å². The Morgan fingerprint density at radius 3 is 1.13 bits per heavy atom. The van der Waals surface area contributed by atoms with Crippen molar-refractivity contribution in [3.8, 4) is 90.6 Å². The van der Waals surface area contributed by atoms with Crippen LogP contribution in [0.1, 0.15) is 0 Å². The molecule has 0 aliphatic rings. The number of hydrogen-bond acceptors (Lipinski definition) is 7. The third kappa shape index (κ3) is 6.93. The van der Waals surface area contributed by atoms with Crippen LogP contribution in [0, 0.1) is 0 Å². The Kier molecular flexibility index (Phi) is 9.26. The highest BCUT2D eigenvalue weighted by Gasteiger charge is 2.22. The molecule has 286 valence electrons. The molecule has 61 heavy (non-hydrogen) atoms. The average Bonchev–Trinajstić information content (AvgIpc) is 3.75. The standard InChI is InChI=1S/C54H34N6S/c1-6-18-35(19-7-1)41-32-33-43(48-47(41)44-28-16-17-29-46(44)61-48)42-31-30-40(53-57-49(36-20-8-2-9-21-36)55-50(58-53)37-22-10-3-11-23-37)34-45(42)54-59-51(38-24-12-4-13-25-38)56-52(60-54)39-26-14-5-15-27-39/h1-34H.